The molecule has 0 aliphatic carbocycles. The quantitative estimate of drug-likeness (QED) is 0.546. The molecule has 0 spiro atoms. The third-order valence-corrected chi connectivity index (χ3v) is 6.23. The van der Waals surface area contributed by atoms with Crippen molar-refractivity contribution in [3.8, 4) is 5.75 Å². The van der Waals surface area contributed by atoms with Gasteiger partial charge in [-0.05, 0) is 37.6 Å². The van der Waals surface area contributed by atoms with Gasteiger partial charge in [0.05, 0.1) is 22.9 Å². The second kappa shape index (κ2) is 7.67. The van der Waals surface area contributed by atoms with Gasteiger partial charge >= 0.3 is 0 Å². The zero-order valence-corrected chi connectivity index (χ0v) is 17.2. The SMILES string of the molecule is COc1cccc(CNC(=O)[C@H](C)n2nc(C)c3sc4ccccc4c3c2=O)c1. The summed E-state index contributed by atoms with van der Waals surface area (Å²) in [7, 11) is 1.60. The van der Waals surface area contributed by atoms with Gasteiger partial charge in [0.15, 0.2) is 0 Å². The van der Waals surface area contributed by atoms with E-state index in [0.29, 0.717) is 11.9 Å². The number of benzene rings is 2. The molecule has 1 atom stereocenters. The number of aromatic nitrogens is 2. The third kappa shape index (κ3) is 3.49. The van der Waals surface area contributed by atoms with Crippen molar-refractivity contribution in [2.75, 3.05) is 7.11 Å². The van der Waals surface area contributed by atoms with E-state index in [9.17, 15) is 9.59 Å². The molecule has 0 bridgehead atoms. The highest BCUT2D eigenvalue weighted by Gasteiger charge is 2.21. The molecular weight excluding hydrogens is 386 g/mol. The summed E-state index contributed by atoms with van der Waals surface area (Å²) in [5.74, 6) is 0.466. The summed E-state index contributed by atoms with van der Waals surface area (Å²) in [5.41, 5.74) is 1.42. The largest absolute Gasteiger partial charge is 0.497 e. The molecule has 4 aromatic rings. The molecule has 2 aromatic heterocycles. The molecule has 29 heavy (non-hydrogen) atoms. The molecule has 148 valence electrons. The van der Waals surface area contributed by atoms with Gasteiger partial charge in [0, 0.05) is 16.6 Å². The Morgan fingerprint density at radius 1 is 1.24 bits per heavy atom. The highest BCUT2D eigenvalue weighted by atomic mass is 32.1. The average Bonchev–Trinajstić information content (AvgIpc) is 3.15. The highest BCUT2D eigenvalue weighted by molar-refractivity contribution is 7.26. The van der Waals surface area contributed by atoms with Gasteiger partial charge in [-0.3, -0.25) is 9.59 Å². The van der Waals surface area contributed by atoms with Crippen LogP contribution in [0.3, 0.4) is 0 Å². The molecule has 0 unspecified atom stereocenters. The summed E-state index contributed by atoms with van der Waals surface area (Å²) in [6, 6.07) is 14.6. The lowest BCUT2D eigenvalue weighted by Gasteiger charge is -2.15. The fraction of sp³-hybridized carbons (Fsp3) is 0.227. The van der Waals surface area contributed by atoms with Crippen LogP contribution in [0.5, 0.6) is 5.75 Å². The molecule has 1 N–H and O–H groups in total. The summed E-state index contributed by atoms with van der Waals surface area (Å²) in [5, 5.41) is 8.85. The van der Waals surface area contributed by atoms with Gasteiger partial charge in [0.1, 0.15) is 11.8 Å². The van der Waals surface area contributed by atoms with Crippen LogP contribution in [0.15, 0.2) is 53.3 Å². The lowest BCUT2D eigenvalue weighted by atomic mass is 10.2. The predicted octanol–water partition coefficient (Wildman–Crippen LogP) is 3.81. The minimum Gasteiger partial charge on any atom is -0.497 e. The molecule has 0 radical (unpaired) electrons. The monoisotopic (exact) mass is 407 g/mol. The first-order valence-corrected chi connectivity index (χ1v) is 10.1. The number of rotatable bonds is 5. The number of carbonyl (C=O) groups is 1. The average molecular weight is 407 g/mol. The van der Waals surface area contributed by atoms with Crippen LogP contribution >= 0.6 is 11.3 Å². The Morgan fingerprint density at radius 2 is 2.03 bits per heavy atom. The number of thiophene rings is 1. The van der Waals surface area contributed by atoms with E-state index in [1.807, 2.05) is 55.5 Å². The van der Waals surface area contributed by atoms with Gasteiger partial charge in [-0.1, -0.05) is 30.3 Å². The van der Waals surface area contributed by atoms with Crippen LogP contribution in [0.1, 0.15) is 24.2 Å². The van der Waals surface area contributed by atoms with Gasteiger partial charge in [0.25, 0.3) is 5.56 Å². The van der Waals surface area contributed by atoms with Crippen molar-refractivity contribution >= 4 is 37.4 Å². The van der Waals surface area contributed by atoms with Gasteiger partial charge in [-0.15, -0.1) is 11.3 Å². The van der Waals surface area contributed by atoms with E-state index in [1.54, 1.807) is 25.4 Å². The van der Waals surface area contributed by atoms with Crippen molar-refractivity contribution in [3.63, 3.8) is 0 Å². The molecule has 2 aromatic carbocycles. The Labute approximate surface area is 171 Å². The molecule has 4 rings (SSSR count). The number of nitrogens with zero attached hydrogens (tertiary/aromatic N) is 2. The molecule has 7 heteroatoms. The number of nitrogens with one attached hydrogen (secondary N) is 1. The number of amides is 1. The van der Waals surface area contributed by atoms with Gasteiger partial charge < -0.3 is 10.1 Å². The predicted molar refractivity (Wildman–Crippen MR) is 116 cm³/mol. The maximum absolute atomic E-state index is 13.2. The number of hydrogen-bond donors (Lipinski definition) is 1. The lowest BCUT2D eigenvalue weighted by Crippen LogP contribution is -2.37. The van der Waals surface area contributed by atoms with Crippen LogP contribution in [-0.4, -0.2) is 22.8 Å². The Hall–Kier alpha value is -3.19. The van der Waals surface area contributed by atoms with Crippen molar-refractivity contribution < 1.29 is 9.53 Å². The van der Waals surface area contributed by atoms with E-state index in [0.717, 1.165) is 31.8 Å². The van der Waals surface area contributed by atoms with Crippen LogP contribution in [0, 0.1) is 6.92 Å². The van der Waals surface area contributed by atoms with Crippen molar-refractivity contribution in [1.82, 2.24) is 15.1 Å². The molecule has 0 saturated heterocycles. The van der Waals surface area contributed by atoms with E-state index in [4.69, 9.17) is 4.74 Å². The van der Waals surface area contributed by atoms with Gasteiger partial charge in [0.2, 0.25) is 5.91 Å². The molecule has 0 saturated carbocycles. The zero-order valence-electron chi connectivity index (χ0n) is 16.4. The number of ether oxygens (including phenoxy) is 1. The van der Waals surface area contributed by atoms with E-state index >= 15 is 0 Å². The summed E-state index contributed by atoms with van der Waals surface area (Å²) >= 11 is 1.55. The number of aryl methyl sites for hydroxylation is 1. The molecule has 6 nitrogen and oxygen atoms in total. The van der Waals surface area contributed by atoms with E-state index in [1.165, 1.54) is 4.68 Å². The van der Waals surface area contributed by atoms with Crippen LogP contribution in [0.25, 0.3) is 20.2 Å². The van der Waals surface area contributed by atoms with Crippen molar-refractivity contribution in [2.45, 2.75) is 26.4 Å². The fourth-order valence-corrected chi connectivity index (χ4v) is 4.51. The Kier molecular flexibility index (Phi) is 5.07. The highest BCUT2D eigenvalue weighted by Crippen LogP contribution is 2.32. The standard InChI is InChI=1S/C22H21N3O3S/c1-13-20-19(17-9-4-5-10-18(17)29-20)22(27)25(24-13)14(2)21(26)23-12-15-7-6-8-16(11-15)28-3/h4-11,14H,12H2,1-3H3,(H,23,26)/t14-/m0/s1. The maximum atomic E-state index is 13.2. The second-order valence-corrected chi connectivity index (χ2v) is 7.93. The lowest BCUT2D eigenvalue weighted by molar-refractivity contribution is -0.124. The molecular formula is C22H21N3O3S. The first-order valence-electron chi connectivity index (χ1n) is 9.31. The van der Waals surface area contributed by atoms with Crippen molar-refractivity contribution in [3.05, 3.63) is 70.1 Å². The molecule has 2 heterocycles. The van der Waals surface area contributed by atoms with Gasteiger partial charge in [-0.25, -0.2) is 4.68 Å². The molecule has 0 aliphatic heterocycles. The summed E-state index contributed by atoms with van der Waals surface area (Å²) in [4.78, 5) is 25.9. The topological polar surface area (TPSA) is 73.2 Å². The normalized spacial score (nSPS) is 12.2. The van der Waals surface area contributed by atoms with Crippen LogP contribution < -0.4 is 15.6 Å². The summed E-state index contributed by atoms with van der Waals surface area (Å²) < 4.78 is 8.41. The first kappa shape index (κ1) is 19.1. The second-order valence-electron chi connectivity index (χ2n) is 6.88. The van der Waals surface area contributed by atoms with Crippen LogP contribution in [0.2, 0.25) is 0 Å². The molecule has 0 aliphatic rings. The Bertz CT molecular complexity index is 1280. The minimum absolute atomic E-state index is 0.243. The van der Waals surface area contributed by atoms with E-state index < -0.39 is 6.04 Å². The third-order valence-electron chi connectivity index (χ3n) is 4.95. The number of methoxy groups -OCH3 is 1. The van der Waals surface area contributed by atoms with Crippen molar-refractivity contribution in [1.29, 1.82) is 0 Å². The van der Waals surface area contributed by atoms with E-state index in [-0.39, 0.29) is 11.5 Å². The minimum atomic E-state index is -0.727. The Morgan fingerprint density at radius 3 is 2.83 bits per heavy atom. The maximum Gasteiger partial charge on any atom is 0.276 e. The first-order chi connectivity index (χ1) is 14.0. The number of carbonyl (C=O) groups excluding carboxylic acids is 1. The Balaban J connectivity index is 1.64. The number of hydrogen-bond acceptors (Lipinski definition) is 5. The van der Waals surface area contributed by atoms with Crippen LogP contribution in [-0.2, 0) is 11.3 Å². The van der Waals surface area contributed by atoms with E-state index in [2.05, 4.69) is 10.4 Å². The van der Waals surface area contributed by atoms with Crippen LogP contribution in [0.4, 0.5) is 0 Å². The fourth-order valence-electron chi connectivity index (χ4n) is 3.37. The zero-order chi connectivity index (χ0) is 20.5. The molecule has 0 fully saturated rings. The number of fused-ring (bicyclic) bond motifs is 3. The smallest absolute Gasteiger partial charge is 0.276 e. The van der Waals surface area contributed by atoms with Crippen molar-refractivity contribution in [2.24, 2.45) is 0 Å². The summed E-state index contributed by atoms with van der Waals surface area (Å²) in [6.07, 6.45) is 0. The van der Waals surface area contributed by atoms with Gasteiger partial charge in [-0.2, -0.15) is 5.10 Å². The molecule has 1 amide bonds. The summed E-state index contributed by atoms with van der Waals surface area (Å²) in [6.45, 7) is 3.90.